The fourth-order valence-electron chi connectivity index (χ4n) is 2.02. The molecule has 2 nitrogen and oxygen atoms in total. The third-order valence-electron chi connectivity index (χ3n) is 3.03. The third kappa shape index (κ3) is 3.16. The van der Waals surface area contributed by atoms with Crippen molar-refractivity contribution in [3.8, 4) is 0 Å². The summed E-state index contributed by atoms with van der Waals surface area (Å²) in [5, 5.41) is 4.18. The zero-order chi connectivity index (χ0) is 13.0. The molecule has 1 unspecified atom stereocenters. The van der Waals surface area contributed by atoms with Crippen molar-refractivity contribution in [3.63, 3.8) is 0 Å². The summed E-state index contributed by atoms with van der Waals surface area (Å²) in [5.41, 5.74) is 8.18. The molecule has 0 radical (unpaired) electrons. The van der Waals surface area contributed by atoms with Crippen molar-refractivity contribution in [3.05, 3.63) is 58.0 Å². The minimum absolute atomic E-state index is 0.199. The van der Waals surface area contributed by atoms with Gasteiger partial charge in [-0.1, -0.05) is 12.1 Å². The minimum Gasteiger partial charge on any atom is -0.329 e. The molecule has 1 aromatic carbocycles. The van der Waals surface area contributed by atoms with Crippen molar-refractivity contribution in [2.45, 2.75) is 12.6 Å². The molecule has 2 rings (SSSR count). The first-order chi connectivity index (χ1) is 8.70. The summed E-state index contributed by atoms with van der Waals surface area (Å²) in [7, 11) is 2.04. The van der Waals surface area contributed by atoms with Crippen molar-refractivity contribution in [1.29, 1.82) is 0 Å². The summed E-state index contributed by atoms with van der Waals surface area (Å²) in [5.74, 6) is -0.199. The van der Waals surface area contributed by atoms with Crippen molar-refractivity contribution in [2.75, 3.05) is 13.6 Å². The van der Waals surface area contributed by atoms with Gasteiger partial charge >= 0.3 is 0 Å². The van der Waals surface area contributed by atoms with E-state index in [4.69, 9.17) is 5.73 Å². The topological polar surface area (TPSA) is 29.3 Å². The maximum absolute atomic E-state index is 12.8. The second kappa shape index (κ2) is 6.09. The van der Waals surface area contributed by atoms with E-state index in [0.29, 0.717) is 6.54 Å². The second-order valence-electron chi connectivity index (χ2n) is 4.35. The summed E-state index contributed by atoms with van der Waals surface area (Å²) >= 11 is 1.68. The number of benzene rings is 1. The number of halogens is 1. The van der Waals surface area contributed by atoms with E-state index in [-0.39, 0.29) is 11.9 Å². The van der Waals surface area contributed by atoms with Crippen molar-refractivity contribution in [2.24, 2.45) is 5.73 Å². The molecule has 0 amide bonds. The molecule has 0 fully saturated rings. The molecule has 0 spiro atoms. The lowest BCUT2D eigenvalue weighted by molar-refractivity contribution is 0.242. The number of hydrogen-bond acceptors (Lipinski definition) is 3. The molecule has 1 atom stereocenters. The summed E-state index contributed by atoms with van der Waals surface area (Å²) in [4.78, 5) is 2.19. The molecule has 0 aliphatic carbocycles. The molecule has 4 heteroatoms. The first-order valence-electron chi connectivity index (χ1n) is 5.87. The monoisotopic (exact) mass is 264 g/mol. The van der Waals surface area contributed by atoms with Crippen molar-refractivity contribution in [1.82, 2.24) is 4.90 Å². The quantitative estimate of drug-likeness (QED) is 0.899. The maximum atomic E-state index is 12.8. The number of thiophene rings is 1. The number of hydrogen-bond donors (Lipinski definition) is 1. The molecule has 0 saturated heterocycles. The molecular formula is C14H17FN2S. The molecule has 96 valence electrons. The van der Waals surface area contributed by atoms with Gasteiger partial charge in [0.2, 0.25) is 0 Å². The Labute approximate surface area is 111 Å². The van der Waals surface area contributed by atoms with Crippen LogP contribution in [-0.2, 0) is 6.54 Å². The average Bonchev–Trinajstić information content (AvgIpc) is 2.87. The van der Waals surface area contributed by atoms with Gasteiger partial charge in [-0.25, -0.2) is 4.39 Å². The lowest BCUT2D eigenvalue weighted by atomic mass is 10.1. The Hall–Kier alpha value is -1.23. The Bertz CT molecular complexity index is 467. The largest absolute Gasteiger partial charge is 0.329 e. The number of nitrogens with zero attached hydrogens (tertiary/aromatic N) is 1. The van der Waals surface area contributed by atoms with Gasteiger partial charge in [-0.05, 0) is 47.1 Å². The van der Waals surface area contributed by atoms with Gasteiger partial charge in [0.15, 0.2) is 0 Å². The lowest BCUT2D eigenvalue weighted by Crippen LogP contribution is -2.29. The van der Waals surface area contributed by atoms with E-state index in [1.165, 1.54) is 17.7 Å². The highest BCUT2D eigenvalue weighted by Crippen LogP contribution is 2.22. The molecular weight excluding hydrogens is 247 g/mol. The molecule has 2 aromatic rings. The van der Waals surface area contributed by atoms with Crippen LogP contribution in [0.4, 0.5) is 4.39 Å². The third-order valence-corrected chi connectivity index (χ3v) is 3.73. The molecule has 2 N–H and O–H groups in total. The Morgan fingerprint density at radius 1 is 1.28 bits per heavy atom. The SMILES string of the molecule is CN(Cc1ccc(F)cc1)C(CN)c1ccsc1. The van der Waals surface area contributed by atoms with Gasteiger partial charge in [-0.2, -0.15) is 11.3 Å². The van der Waals surface area contributed by atoms with Crippen molar-refractivity contribution >= 4 is 11.3 Å². The highest BCUT2D eigenvalue weighted by molar-refractivity contribution is 7.07. The van der Waals surface area contributed by atoms with Crippen LogP contribution in [0.25, 0.3) is 0 Å². The highest BCUT2D eigenvalue weighted by atomic mass is 32.1. The summed E-state index contributed by atoms with van der Waals surface area (Å²) in [6, 6.07) is 8.92. The van der Waals surface area contributed by atoms with Gasteiger partial charge in [0.1, 0.15) is 5.82 Å². The standard InChI is InChI=1S/C14H17FN2S/c1-17(9-11-2-4-13(15)5-3-11)14(8-16)12-6-7-18-10-12/h2-7,10,14H,8-9,16H2,1H3. The molecule has 0 bridgehead atoms. The number of rotatable bonds is 5. The van der Waals surface area contributed by atoms with Crippen LogP contribution in [0, 0.1) is 5.82 Å². The maximum Gasteiger partial charge on any atom is 0.123 e. The van der Waals surface area contributed by atoms with Gasteiger partial charge in [-0.15, -0.1) is 0 Å². The fourth-order valence-corrected chi connectivity index (χ4v) is 2.73. The first kappa shape index (κ1) is 13.2. The highest BCUT2D eigenvalue weighted by Gasteiger charge is 2.15. The molecule has 0 aliphatic rings. The van der Waals surface area contributed by atoms with Crippen LogP contribution < -0.4 is 5.73 Å². The van der Waals surface area contributed by atoms with Gasteiger partial charge in [0.25, 0.3) is 0 Å². The van der Waals surface area contributed by atoms with E-state index in [9.17, 15) is 4.39 Å². The predicted molar refractivity (Wildman–Crippen MR) is 74.0 cm³/mol. The van der Waals surface area contributed by atoms with E-state index < -0.39 is 0 Å². The van der Waals surface area contributed by atoms with E-state index in [1.807, 2.05) is 19.2 Å². The summed E-state index contributed by atoms with van der Waals surface area (Å²) in [6.45, 7) is 1.34. The van der Waals surface area contributed by atoms with Crippen LogP contribution in [0.5, 0.6) is 0 Å². The van der Waals surface area contributed by atoms with Gasteiger partial charge < -0.3 is 5.73 Å². The predicted octanol–water partition coefficient (Wildman–Crippen LogP) is 3.02. The zero-order valence-electron chi connectivity index (χ0n) is 10.3. The van der Waals surface area contributed by atoms with Crippen LogP contribution in [0.15, 0.2) is 41.1 Å². The molecule has 1 heterocycles. The number of nitrogens with two attached hydrogens (primary N) is 1. The molecule has 1 aromatic heterocycles. The second-order valence-corrected chi connectivity index (χ2v) is 5.13. The van der Waals surface area contributed by atoms with Gasteiger partial charge in [0, 0.05) is 19.1 Å². The van der Waals surface area contributed by atoms with E-state index in [1.54, 1.807) is 11.3 Å². The lowest BCUT2D eigenvalue weighted by Gasteiger charge is -2.26. The van der Waals surface area contributed by atoms with E-state index in [2.05, 4.69) is 21.7 Å². The van der Waals surface area contributed by atoms with Crippen LogP contribution in [-0.4, -0.2) is 18.5 Å². The normalized spacial score (nSPS) is 12.9. The van der Waals surface area contributed by atoms with E-state index in [0.717, 1.165) is 12.1 Å². The van der Waals surface area contributed by atoms with Crippen LogP contribution in [0.2, 0.25) is 0 Å². The summed E-state index contributed by atoms with van der Waals surface area (Å²) < 4.78 is 12.8. The van der Waals surface area contributed by atoms with Crippen LogP contribution in [0.1, 0.15) is 17.2 Å². The number of likely N-dealkylation sites (N-methyl/N-ethyl adjacent to an activating group) is 1. The average molecular weight is 264 g/mol. The minimum atomic E-state index is -0.199. The van der Waals surface area contributed by atoms with Crippen molar-refractivity contribution < 1.29 is 4.39 Å². The zero-order valence-corrected chi connectivity index (χ0v) is 11.2. The smallest absolute Gasteiger partial charge is 0.123 e. The van der Waals surface area contributed by atoms with E-state index >= 15 is 0 Å². The van der Waals surface area contributed by atoms with Crippen LogP contribution in [0.3, 0.4) is 0 Å². The Morgan fingerprint density at radius 2 is 2.00 bits per heavy atom. The van der Waals surface area contributed by atoms with Crippen LogP contribution >= 0.6 is 11.3 Å². The molecule has 0 saturated carbocycles. The summed E-state index contributed by atoms with van der Waals surface area (Å²) in [6.07, 6.45) is 0. The molecule has 18 heavy (non-hydrogen) atoms. The Kier molecular flexibility index (Phi) is 4.47. The van der Waals surface area contributed by atoms with Gasteiger partial charge in [0.05, 0.1) is 0 Å². The Balaban J connectivity index is 2.06. The fraction of sp³-hybridized carbons (Fsp3) is 0.286. The van der Waals surface area contributed by atoms with Gasteiger partial charge in [-0.3, -0.25) is 4.90 Å². The first-order valence-corrected chi connectivity index (χ1v) is 6.82. The Morgan fingerprint density at radius 3 is 2.56 bits per heavy atom. The molecule has 0 aliphatic heterocycles.